The van der Waals surface area contributed by atoms with Crippen LogP contribution in [0.4, 0.5) is 11.6 Å². The molecule has 5 rings (SSSR count). The highest BCUT2D eigenvalue weighted by Crippen LogP contribution is 2.32. The van der Waals surface area contributed by atoms with Gasteiger partial charge in [0, 0.05) is 13.2 Å². The van der Waals surface area contributed by atoms with Crippen molar-refractivity contribution in [1.29, 1.82) is 0 Å². The van der Waals surface area contributed by atoms with E-state index in [-0.39, 0.29) is 12.0 Å². The largest absolute Gasteiger partial charge is 0.489 e. The minimum absolute atomic E-state index is 0.126. The minimum atomic E-state index is -0.753. The van der Waals surface area contributed by atoms with E-state index in [2.05, 4.69) is 25.6 Å². The summed E-state index contributed by atoms with van der Waals surface area (Å²) in [5, 5.41) is 21.0. The van der Waals surface area contributed by atoms with Crippen molar-refractivity contribution in [2.45, 2.75) is 51.6 Å². The minimum Gasteiger partial charge on any atom is -0.489 e. The van der Waals surface area contributed by atoms with Crippen molar-refractivity contribution in [3.05, 3.63) is 30.1 Å². The molecule has 2 N–H and O–H groups in total. The van der Waals surface area contributed by atoms with Crippen molar-refractivity contribution in [1.82, 2.24) is 29.9 Å². The average Bonchev–Trinajstić information content (AvgIpc) is 3.62. The van der Waals surface area contributed by atoms with Crippen molar-refractivity contribution in [2.75, 3.05) is 11.9 Å². The van der Waals surface area contributed by atoms with Crippen molar-refractivity contribution in [3.63, 3.8) is 0 Å². The van der Waals surface area contributed by atoms with E-state index in [1.165, 1.54) is 12.8 Å². The summed E-state index contributed by atoms with van der Waals surface area (Å²) in [6.45, 7) is 2.51. The number of aliphatic carboxylic acids is 1. The van der Waals surface area contributed by atoms with Crippen LogP contribution in [0.2, 0.25) is 0 Å². The number of rotatable bonds is 9. The lowest BCUT2D eigenvalue weighted by Gasteiger charge is -2.27. The first-order chi connectivity index (χ1) is 17.0. The van der Waals surface area contributed by atoms with Crippen LogP contribution in [-0.4, -0.2) is 53.7 Å². The Labute approximate surface area is 202 Å². The van der Waals surface area contributed by atoms with Crippen LogP contribution < -0.4 is 14.8 Å². The summed E-state index contributed by atoms with van der Waals surface area (Å²) in [4.78, 5) is 24.7. The van der Waals surface area contributed by atoms with Crippen LogP contribution in [0.25, 0.3) is 11.4 Å². The highest BCUT2D eigenvalue weighted by Gasteiger charge is 2.28. The van der Waals surface area contributed by atoms with Crippen LogP contribution in [0.3, 0.4) is 0 Å². The van der Waals surface area contributed by atoms with Gasteiger partial charge in [0.1, 0.15) is 11.6 Å². The summed E-state index contributed by atoms with van der Waals surface area (Å²) < 4.78 is 13.4. The standard InChI is InChI=1S/C24H29N7O4/c1-14-19(35-17-5-3-4-16(12-17)23(32)33)9-8-18(26-14)21-22(31(2)30-29-21)27-20-10-11-25-24(28-20)34-13-15-6-7-15/h8-11,15-17H,3-7,12-13H2,1-2H3,(H,32,33)(H,25,27,28)/t16-,17-/m0/s1. The van der Waals surface area contributed by atoms with Gasteiger partial charge in [-0.05, 0) is 69.6 Å². The number of carboxylic acid groups (broad SMARTS) is 1. The predicted molar refractivity (Wildman–Crippen MR) is 127 cm³/mol. The normalized spacial score (nSPS) is 19.8. The van der Waals surface area contributed by atoms with Gasteiger partial charge in [-0.15, -0.1) is 5.10 Å². The molecule has 0 spiro atoms. The second kappa shape index (κ2) is 9.85. The highest BCUT2D eigenvalue weighted by molar-refractivity contribution is 5.72. The third kappa shape index (κ3) is 5.50. The van der Waals surface area contributed by atoms with Crippen molar-refractivity contribution in [2.24, 2.45) is 18.9 Å². The first-order valence-corrected chi connectivity index (χ1v) is 12.0. The maximum absolute atomic E-state index is 11.4. The van der Waals surface area contributed by atoms with E-state index in [1.54, 1.807) is 24.0 Å². The summed E-state index contributed by atoms with van der Waals surface area (Å²) in [6.07, 6.45) is 6.82. The number of nitrogens with zero attached hydrogens (tertiary/aromatic N) is 6. The van der Waals surface area contributed by atoms with Crippen LogP contribution in [0, 0.1) is 18.8 Å². The van der Waals surface area contributed by atoms with Crippen molar-refractivity contribution in [3.8, 4) is 23.1 Å². The molecule has 2 saturated carbocycles. The molecule has 2 atom stereocenters. The summed E-state index contributed by atoms with van der Waals surface area (Å²) >= 11 is 0. The number of aryl methyl sites for hydroxylation is 2. The summed E-state index contributed by atoms with van der Waals surface area (Å²) in [6, 6.07) is 5.78. The second-order valence-corrected chi connectivity index (χ2v) is 9.24. The molecule has 0 unspecified atom stereocenters. The Bertz CT molecular complexity index is 1210. The molecule has 3 aromatic heterocycles. The molecule has 0 aliphatic heterocycles. The molecule has 0 aromatic carbocycles. The first kappa shape index (κ1) is 23.0. The molecule has 11 nitrogen and oxygen atoms in total. The fraction of sp³-hybridized carbons (Fsp3) is 0.500. The van der Waals surface area contributed by atoms with Gasteiger partial charge in [0.2, 0.25) is 0 Å². The molecule has 35 heavy (non-hydrogen) atoms. The van der Waals surface area contributed by atoms with Gasteiger partial charge in [0.05, 0.1) is 30.0 Å². The Morgan fingerprint density at radius 3 is 2.83 bits per heavy atom. The third-order valence-corrected chi connectivity index (χ3v) is 6.40. The number of carboxylic acids is 1. The third-order valence-electron chi connectivity index (χ3n) is 6.40. The summed E-state index contributed by atoms with van der Waals surface area (Å²) in [5.41, 5.74) is 1.91. The van der Waals surface area contributed by atoms with Crippen LogP contribution in [-0.2, 0) is 11.8 Å². The van der Waals surface area contributed by atoms with Crippen LogP contribution in [0.15, 0.2) is 24.4 Å². The van der Waals surface area contributed by atoms with E-state index >= 15 is 0 Å². The molecule has 184 valence electrons. The van der Waals surface area contributed by atoms with E-state index in [0.29, 0.717) is 65.8 Å². The predicted octanol–water partition coefficient (Wildman–Crippen LogP) is 3.53. The van der Waals surface area contributed by atoms with Gasteiger partial charge in [0.25, 0.3) is 0 Å². The lowest BCUT2D eigenvalue weighted by Crippen LogP contribution is -2.29. The van der Waals surface area contributed by atoms with E-state index in [0.717, 1.165) is 12.8 Å². The molecular weight excluding hydrogens is 450 g/mol. The Balaban J connectivity index is 1.31. The van der Waals surface area contributed by atoms with Gasteiger partial charge in [-0.25, -0.2) is 14.6 Å². The molecular formula is C24H29N7O4. The van der Waals surface area contributed by atoms with Crippen LogP contribution in [0.1, 0.15) is 44.2 Å². The van der Waals surface area contributed by atoms with E-state index in [9.17, 15) is 9.90 Å². The topological polar surface area (TPSA) is 137 Å². The molecule has 2 aliphatic carbocycles. The zero-order valence-electron chi connectivity index (χ0n) is 19.8. The highest BCUT2D eigenvalue weighted by atomic mass is 16.5. The molecule has 0 bridgehead atoms. The smallest absolute Gasteiger partial charge is 0.318 e. The second-order valence-electron chi connectivity index (χ2n) is 9.24. The molecule has 3 heterocycles. The lowest BCUT2D eigenvalue weighted by molar-refractivity contribution is -0.143. The summed E-state index contributed by atoms with van der Waals surface area (Å²) in [7, 11) is 1.79. The SMILES string of the molecule is Cc1nc(-c2nnn(C)c2Nc2ccnc(OCC3CC3)n2)ccc1O[C@H]1CCC[C@H](C(=O)O)C1. The van der Waals surface area contributed by atoms with E-state index in [1.807, 2.05) is 19.1 Å². The zero-order valence-corrected chi connectivity index (χ0v) is 19.8. The molecule has 0 radical (unpaired) electrons. The Morgan fingerprint density at radius 2 is 2.06 bits per heavy atom. The number of pyridine rings is 1. The number of nitrogens with one attached hydrogen (secondary N) is 1. The monoisotopic (exact) mass is 479 g/mol. The molecule has 3 aromatic rings. The molecule has 11 heteroatoms. The van der Waals surface area contributed by atoms with Gasteiger partial charge in [-0.2, -0.15) is 4.98 Å². The van der Waals surface area contributed by atoms with Gasteiger partial charge in [0.15, 0.2) is 11.5 Å². The van der Waals surface area contributed by atoms with Crippen LogP contribution >= 0.6 is 0 Å². The van der Waals surface area contributed by atoms with Gasteiger partial charge in [-0.1, -0.05) is 5.21 Å². The zero-order chi connectivity index (χ0) is 24.4. The maximum atomic E-state index is 11.4. The van der Waals surface area contributed by atoms with E-state index < -0.39 is 5.97 Å². The number of carbonyl (C=O) groups is 1. The Hall–Kier alpha value is -3.76. The Morgan fingerprint density at radius 1 is 1.20 bits per heavy atom. The average molecular weight is 480 g/mol. The number of hydrogen-bond donors (Lipinski definition) is 2. The van der Waals surface area contributed by atoms with Crippen molar-refractivity contribution < 1.29 is 19.4 Å². The number of hydrogen-bond acceptors (Lipinski definition) is 9. The lowest BCUT2D eigenvalue weighted by atomic mass is 9.87. The van der Waals surface area contributed by atoms with Gasteiger partial charge >= 0.3 is 12.0 Å². The van der Waals surface area contributed by atoms with Gasteiger partial charge < -0.3 is 19.9 Å². The fourth-order valence-corrected chi connectivity index (χ4v) is 4.21. The van der Waals surface area contributed by atoms with E-state index in [4.69, 9.17) is 14.5 Å². The quantitative estimate of drug-likeness (QED) is 0.469. The maximum Gasteiger partial charge on any atom is 0.318 e. The van der Waals surface area contributed by atoms with Crippen LogP contribution in [0.5, 0.6) is 11.8 Å². The van der Waals surface area contributed by atoms with Crippen molar-refractivity contribution >= 4 is 17.6 Å². The van der Waals surface area contributed by atoms with Gasteiger partial charge in [-0.3, -0.25) is 4.79 Å². The summed E-state index contributed by atoms with van der Waals surface area (Å²) in [5.74, 6) is 1.36. The Kier molecular flexibility index (Phi) is 6.47. The number of ether oxygens (including phenoxy) is 2. The number of aromatic nitrogens is 6. The first-order valence-electron chi connectivity index (χ1n) is 12.0. The molecule has 0 amide bonds. The number of anilines is 2. The molecule has 2 fully saturated rings. The molecule has 2 aliphatic rings. The molecule has 0 saturated heterocycles. The fourth-order valence-electron chi connectivity index (χ4n) is 4.21.